The molecule has 0 amide bonds. The lowest BCUT2D eigenvalue weighted by atomic mass is 10.1. The molecule has 1 aliphatic rings. The highest BCUT2D eigenvalue weighted by Gasteiger charge is 2.24. The lowest BCUT2D eigenvalue weighted by Crippen LogP contribution is -2.12. The van der Waals surface area contributed by atoms with E-state index in [1.54, 1.807) is 4.68 Å². The number of hydrogen-bond acceptors (Lipinski definition) is 4. The van der Waals surface area contributed by atoms with Crippen molar-refractivity contribution in [3.63, 3.8) is 0 Å². The van der Waals surface area contributed by atoms with Crippen LogP contribution in [-0.4, -0.2) is 23.4 Å². The van der Waals surface area contributed by atoms with Crippen LogP contribution in [0.4, 0.5) is 0 Å². The molecule has 0 radical (unpaired) electrons. The Morgan fingerprint density at radius 3 is 2.85 bits per heavy atom. The Balaban J connectivity index is 2.55. The third-order valence-electron chi connectivity index (χ3n) is 2.07. The molecule has 0 saturated heterocycles. The van der Waals surface area contributed by atoms with Crippen molar-refractivity contribution in [1.82, 2.24) is 15.0 Å². The summed E-state index contributed by atoms with van der Waals surface area (Å²) >= 11 is 0. The molecule has 0 aliphatic carbocycles. The summed E-state index contributed by atoms with van der Waals surface area (Å²) in [6.45, 7) is 0.731. The first-order valence-electron chi connectivity index (χ1n) is 3.96. The number of halogens is 1. The lowest BCUT2D eigenvalue weighted by molar-refractivity contribution is 0.475. The Hall–Kier alpha value is -0.620. The summed E-state index contributed by atoms with van der Waals surface area (Å²) < 4.78 is 23.6. The van der Waals surface area contributed by atoms with Gasteiger partial charge in [-0.2, -0.15) is 0 Å². The zero-order valence-electron chi connectivity index (χ0n) is 6.77. The molecule has 0 spiro atoms. The van der Waals surface area contributed by atoms with Crippen molar-refractivity contribution in [2.45, 2.75) is 30.8 Å². The van der Waals surface area contributed by atoms with Crippen molar-refractivity contribution in [2.75, 3.05) is 0 Å². The van der Waals surface area contributed by atoms with Gasteiger partial charge in [-0.3, -0.25) is 0 Å². The molecule has 0 N–H and O–H groups in total. The van der Waals surface area contributed by atoms with Gasteiger partial charge in [0.2, 0.25) is 5.03 Å². The van der Waals surface area contributed by atoms with E-state index in [-0.39, 0.29) is 5.03 Å². The first-order valence-corrected chi connectivity index (χ1v) is 6.27. The van der Waals surface area contributed by atoms with E-state index in [9.17, 15) is 8.42 Å². The van der Waals surface area contributed by atoms with Crippen molar-refractivity contribution in [1.29, 1.82) is 0 Å². The third-order valence-corrected chi connectivity index (χ3v) is 3.28. The number of hydrogen-bond donors (Lipinski definition) is 0. The maximum absolute atomic E-state index is 11.0. The van der Waals surface area contributed by atoms with Crippen molar-refractivity contribution in [3.8, 4) is 0 Å². The number of fused-ring (bicyclic) bond motifs is 1. The van der Waals surface area contributed by atoms with Crippen LogP contribution >= 0.6 is 10.7 Å². The molecule has 72 valence electrons. The molecule has 2 heterocycles. The first kappa shape index (κ1) is 8.96. The normalized spacial score (nSPS) is 17.0. The van der Waals surface area contributed by atoms with E-state index in [1.807, 2.05) is 0 Å². The fourth-order valence-corrected chi connectivity index (χ4v) is 2.46. The van der Waals surface area contributed by atoms with Crippen LogP contribution in [0.15, 0.2) is 5.03 Å². The van der Waals surface area contributed by atoms with Crippen LogP contribution in [-0.2, 0) is 22.0 Å². The average molecular weight is 222 g/mol. The van der Waals surface area contributed by atoms with Crippen LogP contribution in [0.25, 0.3) is 0 Å². The zero-order chi connectivity index (χ0) is 9.47. The van der Waals surface area contributed by atoms with E-state index < -0.39 is 9.05 Å². The Labute approximate surface area is 80.1 Å². The number of nitrogens with zero attached hydrogens (tertiary/aromatic N) is 3. The van der Waals surface area contributed by atoms with E-state index in [1.165, 1.54) is 0 Å². The molecule has 0 fully saturated rings. The zero-order valence-corrected chi connectivity index (χ0v) is 8.35. The molecule has 0 unspecified atom stereocenters. The van der Waals surface area contributed by atoms with Crippen LogP contribution in [0, 0.1) is 0 Å². The molecule has 13 heavy (non-hydrogen) atoms. The number of aromatic nitrogens is 3. The molecule has 0 aromatic carbocycles. The molecule has 1 aromatic rings. The molecule has 0 atom stereocenters. The quantitative estimate of drug-likeness (QED) is 0.650. The monoisotopic (exact) mass is 221 g/mol. The summed E-state index contributed by atoms with van der Waals surface area (Å²) in [6.07, 6.45) is 2.67. The third kappa shape index (κ3) is 1.55. The van der Waals surface area contributed by atoms with E-state index in [2.05, 4.69) is 10.3 Å². The summed E-state index contributed by atoms with van der Waals surface area (Å²) in [5.74, 6) is 0. The molecule has 1 aliphatic heterocycles. The Kier molecular flexibility index (Phi) is 2.03. The smallest absolute Gasteiger partial charge is 0.248 e. The molecule has 2 rings (SSSR count). The minimum absolute atomic E-state index is 0.0751. The average Bonchev–Trinajstić information content (AvgIpc) is 2.45. The first-order chi connectivity index (χ1) is 6.09. The topological polar surface area (TPSA) is 64.8 Å². The van der Waals surface area contributed by atoms with E-state index in [0.717, 1.165) is 19.4 Å². The van der Waals surface area contributed by atoms with Crippen LogP contribution in [0.3, 0.4) is 0 Å². The molecule has 5 nitrogen and oxygen atoms in total. The van der Waals surface area contributed by atoms with Gasteiger partial charge in [0, 0.05) is 17.2 Å². The van der Waals surface area contributed by atoms with Gasteiger partial charge in [-0.15, -0.1) is 5.10 Å². The van der Waals surface area contributed by atoms with Crippen LogP contribution in [0.2, 0.25) is 0 Å². The maximum Gasteiger partial charge on any atom is 0.282 e. The number of aryl methyl sites for hydroxylation is 1. The minimum Gasteiger partial charge on any atom is -0.248 e. The van der Waals surface area contributed by atoms with E-state index in [4.69, 9.17) is 10.7 Å². The molecule has 7 heteroatoms. The fraction of sp³-hybridized carbons (Fsp3) is 0.667. The molecule has 0 saturated carbocycles. The maximum atomic E-state index is 11.0. The second-order valence-corrected chi connectivity index (χ2v) is 5.44. The highest BCUT2D eigenvalue weighted by Crippen LogP contribution is 2.22. The molecule has 0 bridgehead atoms. The van der Waals surface area contributed by atoms with Crippen LogP contribution < -0.4 is 0 Å². The van der Waals surface area contributed by atoms with Gasteiger partial charge in [0.1, 0.15) is 0 Å². The summed E-state index contributed by atoms with van der Waals surface area (Å²) in [5, 5.41) is 7.21. The lowest BCUT2D eigenvalue weighted by Gasteiger charge is -2.11. The highest BCUT2D eigenvalue weighted by atomic mass is 35.7. The second kappa shape index (κ2) is 2.95. The Morgan fingerprint density at radius 2 is 2.15 bits per heavy atom. The predicted molar refractivity (Wildman–Crippen MR) is 46.0 cm³/mol. The van der Waals surface area contributed by atoms with Gasteiger partial charge in [-0.25, -0.2) is 13.1 Å². The summed E-state index contributed by atoms with van der Waals surface area (Å²) in [5.41, 5.74) is 0.640. The second-order valence-electron chi connectivity index (χ2n) is 2.96. The van der Waals surface area contributed by atoms with E-state index >= 15 is 0 Å². The van der Waals surface area contributed by atoms with Gasteiger partial charge in [0.05, 0.1) is 5.69 Å². The van der Waals surface area contributed by atoms with Crippen LogP contribution in [0.1, 0.15) is 18.5 Å². The van der Waals surface area contributed by atoms with Gasteiger partial charge in [-0.1, -0.05) is 5.21 Å². The number of rotatable bonds is 1. The summed E-state index contributed by atoms with van der Waals surface area (Å²) in [7, 11) is 1.47. The molecule has 1 aromatic heterocycles. The van der Waals surface area contributed by atoms with Crippen molar-refractivity contribution in [3.05, 3.63) is 5.69 Å². The minimum atomic E-state index is -3.72. The van der Waals surface area contributed by atoms with Gasteiger partial charge >= 0.3 is 0 Å². The Morgan fingerprint density at radius 1 is 1.38 bits per heavy atom. The molecular formula is C6H8ClN3O2S. The van der Waals surface area contributed by atoms with Crippen molar-refractivity contribution in [2.24, 2.45) is 0 Å². The van der Waals surface area contributed by atoms with E-state index in [0.29, 0.717) is 12.1 Å². The van der Waals surface area contributed by atoms with Gasteiger partial charge in [-0.05, 0) is 19.3 Å². The Bertz CT molecular complexity index is 425. The predicted octanol–water partition coefficient (Wildman–Crippen LogP) is 0.542. The summed E-state index contributed by atoms with van der Waals surface area (Å²) in [4.78, 5) is 0. The van der Waals surface area contributed by atoms with Gasteiger partial charge in [0.25, 0.3) is 9.05 Å². The standard InChI is InChI=1S/C6H8ClN3O2S/c7-13(11,12)6-5-3-1-2-4-10(5)9-8-6/h1-4H2. The molecular weight excluding hydrogens is 214 g/mol. The fourth-order valence-electron chi connectivity index (χ4n) is 1.48. The van der Waals surface area contributed by atoms with Crippen molar-refractivity contribution >= 4 is 19.7 Å². The van der Waals surface area contributed by atoms with Gasteiger partial charge in [0.15, 0.2) is 0 Å². The van der Waals surface area contributed by atoms with Crippen LogP contribution in [0.5, 0.6) is 0 Å². The SMILES string of the molecule is O=S(=O)(Cl)c1nnn2c1CCCC2. The van der Waals surface area contributed by atoms with Crippen molar-refractivity contribution < 1.29 is 8.42 Å². The summed E-state index contributed by atoms with van der Waals surface area (Å²) in [6, 6.07) is 0. The highest BCUT2D eigenvalue weighted by molar-refractivity contribution is 8.13. The van der Waals surface area contributed by atoms with Gasteiger partial charge < -0.3 is 0 Å². The largest absolute Gasteiger partial charge is 0.282 e.